The molecule has 3 heterocycles. The molecule has 1 unspecified atom stereocenters. The molecule has 2 aliphatic heterocycles. The molecule has 1 aromatic carbocycles. The molecule has 0 saturated carbocycles. The predicted molar refractivity (Wildman–Crippen MR) is 83.3 cm³/mol. The van der Waals surface area contributed by atoms with Crippen molar-refractivity contribution in [2.75, 3.05) is 13.1 Å². The summed E-state index contributed by atoms with van der Waals surface area (Å²) in [6, 6.07) is 12.9. The Morgan fingerprint density at radius 3 is 2.73 bits per heavy atom. The van der Waals surface area contributed by atoms with Gasteiger partial charge in [0.15, 0.2) is 5.84 Å². The van der Waals surface area contributed by atoms with Crippen molar-refractivity contribution >= 4 is 15.9 Å². The number of fused-ring (bicyclic) bond motifs is 1. The van der Waals surface area contributed by atoms with Crippen LogP contribution >= 0.6 is 0 Å². The lowest BCUT2D eigenvalue weighted by atomic mass is 10.0. The summed E-state index contributed by atoms with van der Waals surface area (Å²) in [6.07, 6.45) is 2.75. The van der Waals surface area contributed by atoms with Gasteiger partial charge in [0.1, 0.15) is 4.90 Å². The Labute approximate surface area is 129 Å². The minimum atomic E-state index is -3.54. The lowest BCUT2D eigenvalue weighted by molar-refractivity contribution is 0.511. The molecule has 0 bridgehead atoms. The molecule has 0 amide bonds. The molecule has 1 fully saturated rings. The first-order valence-electron chi connectivity index (χ1n) is 7.25. The number of hydrogen-bond donors (Lipinski definition) is 0. The molecule has 1 aromatic heterocycles. The summed E-state index contributed by atoms with van der Waals surface area (Å²) in [7, 11) is -3.54. The minimum absolute atomic E-state index is 0.311. The average Bonchev–Trinajstić information content (AvgIpc) is 3.12. The third kappa shape index (κ3) is 2.11. The van der Waals surface area contributed by atoms with E-state index in [9.17, 15) is 8.42 Å². The van der Waals surface area contributed by atoms with Crippen LogP contribution in [0.15, 0.2) is 58.0 Å². The molecule has 0 aliphatic carbocycles. The normalized spacial score (nSPS) is 22.5. The molecule has 112 valence electrons. The van der Waals surface area contributed by atoms with Gasteiger partial charge in [-0.3, -0.25) is 4.98 Å². The molecule has 1 atom stereocenters. The lowest BCUT2D eigenvalue weighted by Crippen LogP contribution is -2.28. The van der Waals surface area contributed by atoms with Gasteiger partial charge in [-0.25, -0.2) is 0 Å². The zero-order valence-corrected chi connectivity index (χ0v) is 12.7. The third-order valence-electron chi connectivity index (χ3n) is 4.21. The molecule has 2 aromatic rings. The molecule has 4 rings (SSSR count). The quantitative estimate of drug-likeness (QED) is 0.808. The van der Waals surface area contributed by atoms with Crippen LogP contribution < -0.4 is 0 Å². The maximum absolute atomic E-state index is 12.1. The largest absolute Gasteiger partial charge is 0.355 e. The van der Waals surface area contributed by atoms with Crippen LogP contribution in [-0.2, 0) is 10.0 Å². The minimum Gasteiger partial charge on any atom is -0.355 e. The number of pyridine rings is 1. The highest BCUT2D eigenvalue weighted by Gasteiger charge is 2.35. The maximum atomic E-state index is 12.1. The van der Waals surface area contributed by atoms with Gasteiger partial charge in [-0.05, 0) is 30.7 Å². The van der Waals surface area contributed by atoms with Crippen molar-refractivity contribution in [3.8, 4) is 0 Å². The molecular formula is C16H15N3O2S. The van der Waals surface area contributed by atoms with Gasteiger partial charge in [-0.2, -0.15) is 8.42 Å². The fourth-order valence-corrected chi connectivity index (χ4v) is 4.36. The number of amidine groups is 1. The van der Waals surface area contributed by atoms with Gasteiger partial charge in [0.05, 0.1) is 0 Å². The van der Waals surface area contributed by atoms with E-state index in [0.717, 1.165) is 25.2 Å². The van der Waals surface area contributed by atoms with Gasteiger partial charge in [0, 0.05) is 36.5 Å². The molecule has 6 heteroatoms. The van der Waals surface area contributed by atoms with Crippen molar-refractivity contribution in [3.63, 3.8) is 0 Å². The number of rotatable bonds is 1. The first-order chi connectivity index (χ1) is 10.6. The smallest absolute Gasteiger partial charge is 0.285 e. The van der Waals surface area contributed by atoms with E-state index in [4.69, 9.17) is 0 Å². The van der Waals surface area contributed by atoms with Crippen LogP contribution in [0.5, 0.6) is 0 Å². The molecule has 22 heavy (non-hydrogen) atoms. The second-order valence-corrected chi connectivity index (χ2v) is 7.14. The van der Waals surface area contributed by atoms with Crippen LogP contribution in [0, 0.1) is 0 Å². The van der Waals surface area contributed by atoms with E-state index in [1.54, 1.807) is 18.3 Å². The van der Waals surface area contributed by atoms with Crippen molar-refractivity contribution in [2.45, 2.75) is 17.2 Å². The first kappa shape index (κ1) is 13.5. The van der Waals surface area contributed by atoms with Crippen LogP contribution in [0.25, 0.3) is 0 Å². The second kappa shape index (κ2) is 4.91. The summed E-state index contributed by atoms with van der Waals surface area (Å²) >= 11 is 0. The van der Waals surface area contributed by atoms with Crippen LogP contribution in [0.3, 0.4) is 0 Å². The van der Waals surface area contributed by atoms with Gasteiger partial charge >= 0.3 is 0 Å². The first-order valence-corrected chi connectivity index (χ1v) is 8.69. The Kier molecular flexibility index (Phi) is 3.00. The number of likely N-dealkylation sites (tertiary alicyclic amines) is 1. The highest BCUT2D eigenvalue weighted by molar-refractivity contribution is 7.90. The fraction of sp³-hybridized carbons (Fsp3) is 0.250. The SMILES string of the molecule is O=S1(=O)N=C(N2CCC(c3ccccn3)C2)c2ccccc21. The van der Waals surface area contributed by atoms with Crippen molar-refractivity contribution in [3.05, 3.63) is 59.9 Å². The van der Waals surface area contributed by atoms with E-state index in [1.807, 2.05) is 30.3 Å². The van der Waals surface area contributed by atoms with Crippen molar-refractivity contribution in [2.24, 2.45) is 4.40 Å². The summed E-state index contributed by atoms with van der Waals surface area (Å²) in [6.45, 7) is 1.55. The molecule has 1 saturated heterocycles. The Morgan fingerprint density at radius 1 is 1.09 bits per heavy atom. The van der Waals surface area contributed by atoms with E-state index in [0.29, 0.717) is 22.2 Å². The van der Waals surface area contributed by atoms with Gasteiger partial charge in [0.2, 0.25) is 0 Å². The van der Waals surface area contributed by atoms with Crippen LogP contribution in [0.4, 0.5) is 0 Å². The van der Waals surface area contributed by atoms with Crippen LogP contribution in [-0.4, -0.2) is 37.2 Å². The van der Waals surface area contributed by atoms with Crippen molar-refractivity contribution in [1.29, 1.82) is 0 Å². The number of aromatic nitrogens is 1. The van der Waals surface area contributed by atoms with Gasteiger partial charge in [-0.15, -0.1) is 4.40 Å². The summed E-state index contributed by atoms with van der Waals surface area (Å²) in [4.78, 5) is 6.78. The zero-order valence-electron chi connectivity index (χ0n) is 11.9. The Balaban J connectivity index is 1.65. The van der Waals surface area contributed by atoms with Crippen molar-refractivity contribution < 1.29 is 8.42 Å². The van der Waals surface area contributed by atoms with Gasteiger partial charge in [-0.1, -0.05) is 18.2 Å². The van der Waals surface area contributed by atoms with Crippen LogP contribution in [0.2, 0.25) is 0 Å². The number of sulfonamides is 1. The molecule has 0 spiro atoms. The summed E-state index contributed by atoms with van der Waals surface area (Å²) < 4.78 is 28.3. The highest BCUT2D eigenvalue weighted by atomic mass is 32.2. The predicted octanol–water partition coefficient (Wildman–Crippen LogP) is 2.02. The van der Waals surface area contributed by atoms with Gasteiger partial charge < -0.3 is 4.90 Å². The Morgan fingerprint density at radius 2 is 1.91 bits per heavy atom. The van der Waals surface area contributed by atoms with Gasteiger partial charge in [0.25, 0.3) is 10.0 Å². The van der Waals surface area contributed by atoms with E-state index < -0.39 is 10.0 Å². The zero-order chi connectivity index (χ0) is 15.2. The summed E-state index contributed by atoms with van der Waals surface area (Å²) in [5.74, 6) is 0.897. The lowest BCUT2D eigenvalue weighted by Gasteiger charge is -2.18. The monoisotopic (exact) mass is 313 g/mol. The molecule has 5 nitrogen and oxygen atoms in total. The topological polar surface area (TPSA) is 62.6 Å². The maximum Gasteiger partial charge on any atom is 0.285 e. The van der Waals surface area contributed by atoms with E-state index in [2.05, 4.69) is 14.3 Å². The summed E-state index contributed by atoms with van der Waals surface area (Å²) in [5, 5.41) is 0. The van der Waals surface area contributed by atoms with E-state index in [-0.39, 0.29) is 0 Å². The molecule has 0 radical (unpaired) electrons. The van der Waals surface area contributed by atoms with Crippen LogP contribution in [0.1, 0.15) is 23.6 Å². The van der Waals surface area contributed by atoms with E-state index >= 15 is 0 Å². The number of benzene rings is 1. The third-order valence-corrected chi connectivity index (χ3v) is 5.53. The molecule has 0 N–H and O–H groups in total. The van der Waals surface area contributed by atoms with E-state index in [1.165, 1.54) is 0 Å². The standard InChI is InChI=1S/C16H15N3O2S/c20-22(21)15-7-2-1-5-13(15)16(18-22)19-10-8-12(11-19)14-6-3-4-9-17-14/h1-7,9,12H,8,10-11H2. The second-order valence-electron chi connectivity index (χ2n) is 5.57. The highest BCUT2D eigenvalue weighted by Crippen LogP contribution is 2.32. The Bertz CT molecular complexity index is 847. The summed E-state index contributed by atoms with van der Waals surface area (Å²) in [5.41, 5.74) is 1.77. The average molecular weight is 313 g/mol. The molecule has 2 aliphatic rings. The van der Waals surface area contributed by atoms with Crippen molar-refractivity contribution in [1.82, 2.24) is 9.88 Å². The fourth-order valence-electron chi connectivity index (χ4n) is 3.13. The Hall–Kier alpha value is -2.21. The number of nitrogens with zero attached hydrogens (tertiary/aromatic N) is 3. The number of hydrogen-bond acceptors (Lipinski definition) is 4. The molecular weight excluding hydrogens is 298 g/mol.